The largest absolute Gasteiger partial charge is 0.493 e. The Morgan fingerprint density at radius 2 is 2.09 bits per heavy atom. The topological polar surface area (TPSA) is 82.0 Å². The number of para-hydroxylation sites is 1. The van der Waals surface area contributed by atoms with Gasteiger partial charge in [-0.2, -0.15) is 5.10 Å². The Balaban J connectivity index is 2.07. The molecule has 2 heterocycles. The van der Waals surface area contributed by atoms with Crippen molar-refractivity contribution in [2.75, 3.05) is 14.2 Å². The molecule has 1 aromatic carbocycles. The number of benzene rings is 1. The van der Waals surface area contributed by atoms with E-state index in [0.717, 1.165) is 5.56 Å². The molecule has 0 saturated carbocycles. The third-order valence-electron chi connectivity index (χ3n) is 3.49. The van der Waals surface area contributed by atoms with Crippen molar-refractivity contribution in [1.29, 1.82) is 0 Å². The number of aryl methyl sites for hydroxylation is 1. The van der Waals surface area contributed by atoms with Crippen molar-refractivity contribution in [2.24, 2.45) is 7.05 Å². The van der Waals surface area contributed by atoms with Crippen LogP contribution >= 0.6 is 0 Å². The molecule has 0 saturated heterocycles. The second-order valence-electron chi connectivity index (χ2n) is 4.85. The van der Waals surface area contributed by atoms with E-state index in [-0.39, 0.29) is 5.56 Å². The zero-order valence-corrected chi connectivity index (χ0v) is 12.6. The number of ether oxygens (including phenoxy) is 2. The molecule has 0 amide bonds. The molecule has 7 heteroatoms. The Bertz CT molecular complexity index is 882. The van der Waals surface area contributed by atoms with E-state index in [9.17, 15) is 4.79 Å². The van der Waals surface area contributed by atoms with E-state index in [4.69, 9.17) is 9.47 Å². The Kier molecular flexibility index (Phi) is 3.54. The van der Waals surface area contributed by atoms with Gasteiger partial charge in [-0.25, -0.2) is 4.98 Å². The number of methoxy groups -OCH3 is 2. The fourth-order valence-electron chi connectivity index (χ4n) is 2.44. The van der Waals surface area contributed by atoms with Crippen molar-refractivity contribution in [3.05, 3.63) is 46.1 Å². The molecule has 0 atom stereocenters. The normalized spacial score (nSPS) is 10.9. The van der Waals surface area contributed by atoms with E-state index >= 15 is 0 Å². The molecule has 7 nitrogen and oxygen atoms in total. The van der Waals surface area contributed by atoms with Crippen LogP contribution in [0.4, 0.5) is 0 Å². The molecule has 1 N–H and O–H groups in total. The van der Waals surface area contributed by atoms with Crippen molar-refractivity contribution in [1.82, 2.24) is 19.7 Å². The standard InChI is InChI=1S/C15H16N4O3/c1-19-14-10(8-16-19)15(20)18-12(17-14)7-9-5-4-6-11(21-2)13(9)22-3/h4-6,8H,7H2,1-3H3,(H,17,18,20). The van der Waals surface area contributed by atoms with Gasteiger partial charge in [-0.3, -0.25) is 9.48 Å². The summed E-state index contributed by atoms with van der Waals surface area (Å²) in [7, 11) is 4.93. The molecule has 114 valence electrons. The third kappa shape index (κ3) is 2.30. The first-order valence-electron chi connectivity index (χ1n) is 6.74. The lowest BCUT2D eigenvalue weighted by atomic mass is 10.1. The van der Waals surface area contributed by atoms with Crippen molar-refractivity contribution >= 4 is 11.0 Å². The van der Waals surface area contributed by atoms with Gasteiger partial charge in [0.1, 0.15) is 11.2 Å². The first-order chi connectivity index (χ1) is 10.6. The minimum absolute atomic E-state index is 0.199. The van der Waals surface area contributed by atoms with Gasteiger partial charge >= 0.3 is 0 Å². The first kappa shape index (κ1) is 14.1. The fourth-order valence-corrected chi connectivity index (χ4v) is 2.44. The van der Waals surface area contributed by atoms with Crippen LogP contribution in [0.1, 0.15) is 11.4 Å². The zero-order chi connectivity index (χ0) is 15.7. The molecule has 2 aromatic heterocycles. The van der Waals surface area contributed by atoms with E-state index in [2.05, 4.69) is 15.1 Å². The summed E-state index contributed by atoms with van der Waals surface area (Å²) < 4.78 is 12.3. The molecule has 0 unspecified atom stereocenters. The van der Waals surface area contributed by atoms with Gasteiger partial charge in [-0.1, -0.05) is 12.1 Å². The Morgan fingerprint density at radius 3 is 2.82 bits per heavy atom. The Hall–Kier alpha value is -2.83. The number of H-pyrrole nitrogens is 1. The number of hydrogen-bond acceptors (Lipinski definition) is 5. The number of aromatic nitrogens is 4. The summed E-state index contributed by atoms with van der Waals surface area (Å²) in [6.07, 6.45) is 1.94. The average molecular weight is 300 g/mol. The monoisotopic (exact) mass is 300 g/mol. The van der Waals surface area contributed by atoms with Crippen molar-refractivity contribution < 1.29 is 9.47 Å². The lowest BCUT2D eigenvalue weighted by Crippen LogP contribution is -2.12. The summed E-state index contributed by atoms with van der Waals surface area (Å²) >= 11 is 0. The maximum Gasteiger partial charge on any atom is 0.262 e. The van der Waals surface area contributed by atoms with Gasteiger partial charge in [0.25, 0.3) is 5.56 Å². The lowest BCUT2D eigenvalue weighted by Gasteiger charge is -2.12. The molecule has 0 fully saturated rings. The van der Waals surface area contributed by atoms with Crippen LogP contribution < -0.4 is 15.0 Å². The minimum Gasteiger partial charge on any atom is -0.493 e. The molecule has 3 rings (SSSR count). The van der Waals surface area contributed by atoms with Crippen LogP contribution in [-0.2, 0) is 13.5 Å². The quantitative estimate of drug-likeness (QED) is 0.784. The lowest BCUT2D eigenvalue weighted by molar-refractivity contribution is 0.352. The third-order valence-corrected chi connectivity index (χ3v) is 3.49. The van der Waals surface area contributed by atoms with Crippen LogP contribution in [0.5, 0.6) is 11.5 Å². The summed E-state index contributed by atoms with van der Waals surface area (Å²) in [4.78, 5) is 19.3. The molecule has 0 radical (unpaired) electrons. The number of nitrogens with zero attached hydrogens (tertiary/aromatic N) is 3. The van der Waals surface area contributed by atoms with E-state index in [0.29, 0.717) is 34.8 Å². The molecule has 0 aliphatic heterocycles. The summed E-state index contributed by atoms with van der Waals surface area (Å²) in [5.41, 5.74) is 1.24. The van der Waals surface area contributed by atoms with Gasteiger partial charge in [-0.05, 0) is 6.07 Å². The smallest absolute Gasteiger partial charge is 0.262 e. The van der Waals surface area contributed by atoms with E-state index < -0.39 is 0 Å². The highest BCUT2D eigenvalue weighted by Crippen LogP contribution is 2.31. The molecule has 22 heavy (non-hydrogen) atoms. The predicted octanol–water partition coefficient (Wildman–Crippen LogP) is 1.26. The van der Waals surface area contributed by atoms with Crippen LogP contribution in [-0.4, -0.2) is 34.0 Å². The molecule has 0 aliphatic carbocycles. The summed E-state index contributed by atoms with van der Waals surface area (Å²) in [5.74, 6) is 1.83. The predicted molar refractivity (Wildman–Crippen MR) is 81.5 cm³/mol. The number of hydrogen-bond donors (Lipinski definition) is 1. The number of fused-ring (bicyclic) bond motifs is 1. The second kappa shape index (κ2) is 5.51. The number of aromatic amines is 1. The molecule has 0 spiro atoms. The first-order valence-corrected chi connectivity index (χ1v) is 6.74. The SMILES string of the molecule is COc1cccc(Cc2nc3c(cnn3C)c(=O)[nH]2)c1OC. The minimum atomic E-state index is -0.199. The van der Waals surface area contributed by atoms with Gasteiger partial charge in [0, 0.05) is 19.0 Å². The van der Waals surface area contributed by atoms with Crippen LogP contribution in [0.15, 0.2) is 29.2 Å². The highest BCUT2D eigenvalue weighted by Gasteiger charge is 2.13. The van der Waals surface area contributed by atoms with E-state index in [1.807, 2.05) is 18.2 Å². The average Bonchev–Trinajstić information content (AvgIpc) is 2.89. The van der Waals surface area contributed by atoms with Gasteiger partial charge in [0.05, 0.1) is 20.4 Å². The molecular formula is C15H16N4O3. The number of rotatable bonds is 4. The van der Waals surface area contributed by atoms with Crippen LogP contribution in [0.3, 0.4) is 0 Å². The van der Waals surface area contributed by atoms with Crippen LogP contribution in [0.2, 0.25) is 0 Å². The highest BCUT2D eigenvalue weighted by atomic mass is 16.5. The van der Waals surface area contributed by atoms with Crippen molar-refractivity contribution in [2.45, 2.75) is 6.42 Å². The Morgan fingerprint density at radius 1 is 1.27 bits per heavy atom. The second-order valence-corrected chi connectivity index (χ2v) is 4.85. The maximum atomic E-state index is 12.1. The van der Waals surface area contributed by atoms with E-state index in [1.165, 1.54) is 6.20 Å². The summed E-state index contributed by atoms with van der Waals surface area (Å²) in [5, 5.41) is 4.53. The van der Waals surface area contributed by atoms with Gasteiger partial charge in [0.15, 0.2) is 17.1 Å². The van der Waals surface area contributed by atoms with Crippen molar-refractivity contribution in [3.63, 3.8) is 0 Å². The van der Waals surface area contributed by atoms with Gasteiger partial charge in [-0.15, -0.1) is 0 Å². The maximum absolute atomic E-state index is 12.1. The van der Waals surface area contributed by atoms with Gasteiger partial charge in [0.2, 0.25) is 0 Å². The highest BCUT2D eigenvalue weighted by molar-refractivity contribution is 5.73. The van der Waals surface area contributed by atoms with E-state index in [1.54, 1.807) is 25.9 Å². The summed E-state index contributed by atoms with van der Waals surface area (Å²) in [6, 6.07) is 5.61. The summed E-state index contributed by atoms with van der Waals surface area (Å²) in [6.45, 7) is 0. The molecular weight excluding hydrogens is 284 g/mol. The van der Waals surface area contributed by atoms with Crippen molar-refractivity contribution in [3.8, 4) is 11.5 Å². The fraction of sp³-hybridized carbons (Fsp3) is 0.267. The molecule has 0 aliphatic rings. The zero-order valence-electron chi connectivity index (χ0n) is 12.6. The molecule has 3 aromatic rings. The van der Waals surface area contributed by atoms with Gasteiger partial charge < -0.3 is 14.5 Å². The van der Waals surface area contributed by atoms with Crippen LogP contribution in [0.25, 0.3) is 11.0 Å². The number of nitrogens with one attached hydrogen (secondary N) is 1. The molecule has 0 bridgehead atoms. The Labute approximate surface area is 126 Å². The van der Waals surface area contributed by atoms with Crippen LogP contribution in [0, 0.1) is 0 Å².